The fraction of sp³-hybridized carbons (Fsp3) is 0.350. The van der Waals surface area contributed by atoms with Crippen LogP contribution in [-0.2, 0) is 17.9 Å². The molecule has 7 heteroatoms. The first-order valence-corrected chi connectivity index (χ1v) is 9.84. The van der Waals surface area contributed by atoms with E-state index in [0.29, 0.717) is 43.4 Å². The lowest BCUT2D eigenvalue weighted by molar-refractivity contribution is -0.132. The van der Waals surface area contributed by atoms with Gasteiger partial charge in [-0.15, -0.1) is 11.3 Å². The second-order valence-corrected chi connectivity index (χ2v) is 7.43. The van der Waals surface area contributed by atoms with Crippen molar-refractivity contribution in [1.29, 1.82) is 0 Å². The number of aliphatic hydroxyl groups is 1. The highest BCUT2D eigenvalue weighted by Gasteiger charge is 2.15. The number of rotatable bonds is 8. The zero-order valence-electron chi connectivity index (χ0n) is 15.3. The Morgan fingerprint density at radius 1 is 1.30 bits per heavy atom. The third-order valence-corrected chi connectivity index (χ3v) is 5.55. The summed E-state index contributed by atoms with van der Waals surface area (Å²) in [6.07, 6.45) is 2.41. The number of thiophene rings is 1. The van der Waals surface area contributed by atoms with E-state index in [1.54, 1.807) is 26.9 Å². The first kappa shape index (κ1) is 19.3. The van der Waals surface area contributed by atoms with Gasteiger partial charge in [0.15, 0.2) is 0 Å². The van der Waals surface area contributed by atoms with Gasteiger partial charge in [-0.05, 0) is 42.5 Å². The zero-order chi connectivity index (χ0) is 19.2. The molecule has 0 saturated heterocycles. The van der Waals surface area contributed by atoms with E-state index in [1.165, 1.54) is 6.33 Å². The molecular formula is C20H23N3O3S. The second-order valence-electron chi connectivity index (χ2n) is 6.43. The smallest absolute Gasteiger partial charge is 0.261 e. The van der Waals surface area contributed by atoms with Crippen LogP contribution >= 0.6 is 11.3 Å². The fourth-order valence-electron chi connectivity index (χ4n) is 2.98. The quantitative estimate of drug-likeness (QED) is 0.647. The summed E-state index contributed by atoms with van der Waals surface area (Å²) in [5, 5.41) is 11.9. The lowest BCUT2D eigenvalue weighted by atomic mass is 10.2. The highest BCUT2D eigenvalue weighted by atomic mass is 32.1. The Labute approximate surface area is 161 Å². The van der Waals surface area contributed by atoms with Gasteiger partial charge in [-0.1, -0.05) is 12.1 Å². The maximum Gasteiger partial charge on any atom is 0.261 e. The average molecular weight is 385 g/mol. The maximum absolute atomic E-state index is 12.6. The number of nitrogens with zero attached hydrogens (tertiary/aromatic N) is 3. The van der Waals surface area contributed by atoms with Crippen LogP contribution in [0.25, 0.3) is 10.9 Å². The summed E-state index contributed by atoms with van der Waals surface area (Å²) in [7, 11) is 0. The van der Waals surface area contributed by atoms with Crippen molar-refractivity contribution in [2.75, 3.05) is 13.2 Å². The van der Waals surface area contributed by atoms with Gasteiger partial charge in [0.25, 0.3) is 5.56 Å². The van der Waals surface area contributed by atoms with E-state index in [1.807, 2.05) is 36.6 Å². The number of carbonyl (C=O) groups is 1. The van der Waals surface area contributed by atoms with E-state index in [9.17, 15) is 14.7 Å². The Kier molecular flexibility index (Phi) is 6.36. The Hall–Kier alpha value is -2.51. The van der Waals surface area contributed by atoms with Crippen molar-refractivity contribution in [2.24, 2.45) is 0 Å². The molecule has 0 spiro atoms. The molecule has 2 heterocycles. The minimum atomic E-state index is -0.0885. The van der Waals surface area contributed by atoms with Crippen molar-refractivity contribution in [3.63, 3.8) is 0 Å². The van der Waals surface area contributed by atoms with E-state index in [0.717, 1.165) is 10.4 Å². The first-order chi connectivity index (χ1) is 13.1. The summed E-state index contributed by atoms with van der Waals surface area (Å²) in [5.74, 6) is -0.0151. The van der Waals surface area contributed by atoms with Gasteiger partial charge in [0.2, 0.25) is 5.91 Å². The summed E-state index contributed by atoms with van der Waals surface area (Å²) in [6, 6.07) is 9.27. The van der Waals surface area contributed by atoms with E-state index in [-0.39, 0.29) is 18.1 Å². The predicted octanol–water partition coefficient (Wildman–Crippen LogP) is 2.57. The molecule has 2 aromatic heterocycles. The molecule has 0 saturated carbocycles. The number of aliphatic hydroxyl groups excluding tert-OH is 1. The van der Waals surface area contributed by atoms with E-state index < -0.39 is 0 Å². The molecule has 0 aliphatic rings. The Morgan fingerprint density at radius 2 is 2.11 bits per heavy atom. The Bertz CT molecular complexity index is 980. The van der Waals surface area contributed by atoms with Gasteiger partial charge in [0.1, 0.15) is 0 Å². The molecule has 1 N–H and O–H groups in total. The zero-order valence-corrected chi connectivity index (χ0v) is 16.1. The number of hydrogen-bond acceptors (Lipinski definition) is 5. The fourth-order valence-corrected chi connectivity index (χ4v) is 3.90. The molecular weight excluding hydrogens is 362 g/mol. The number of aromatic nitrogens is 2. The van der Waals surface area contributed by atoms with Crippen molar-refractivity contribution in [1.82, 2.24) is 14.5 Å². The minimum absolute atomic E-state index is 0.0151. The van der Waals surface area contributed by atoms with Crippen LogP contribution in [0.4, 0.5) is 0 Å². The molecule has 0 bridgehead atoms. The summed E-state index contributed by atoms with van der Waals surface area (Å²) in [5.41, 5.74) is 1.74. The number of aryl methyl sites for hydroxylation is 2. The lowest BCUT2D eigenvalue weighted by Gasteiger charge is -2.21. The van der Waals surface area contributed by atoms with Crippen molar-refractivity contribution < 1.29 is 9.90 Å². The topological polar surface area (TPSA) is 75.4 Å². The third kappa shape index (κ3) is 4.61. The Balaban J connectivity index is 1.61. The molecule has 0 fully saturated rings. The summed E-state index contributed by atoms with van der Waals surface area (Å²) in [4.78, 5) is 32.2. The summed E-state index contributed by atoms with van der Waals surface area (Å²) >= 11 is 1.62. The predicted molar refractivity (Wildman–Crippen MR) is 107 cm³/mol. The molecule has 142 valence electrons. The molecule has 0 radical (unpaired) electrons. The van der Waals surface area contributed by atoms with Gasteiger partial charge in [-0.2, -0.15) is 0 Å². The number of para-hydroxylation sites is 1. The molecule has 27 heavy (non-hydrogen) atoms. The van der Waals surface area contributed by atoms with E-state index >= 15 is 0 Å². The van der Waals surface area contributed by atoms with Crippen LogP contribution in [0.3, 0.4) is 0 Å². The monoisotopic (exact) mass is 385 g/mol. The molecule has 1 amide bonds. The van der Waals surface area contributed by atoms with Crippen LogP contribution in [0.5, 0.6) is 0 Å². The van der Waals surface area contributed by atoms with E-state index in [2.05, 4.69) is 4.98 Å². The largest absolute Gasteiger partial charge is 0.395 e. The number of hydrogen-bond donors (Lipinski definition) is 1. The summed E-state index contributed by atoms with van der Waals surface area (Å²) in [6.45, 7) is 3.22. The molecule has 0 aliphatic heterocycles. The molecule has 3 rings (SSSR count). The molecule has 0 unspecified atom stereocenters. The van der Waals surface area contributed by atoms with Gasteiger partial charge in [0, 0.05) is 24.4 Å². The molecule has 1 aromatic carbocycles. The van der Waals surface area contributed by atoms with Crippen LogP contribution in [0.15, 0.2) is 46.8 Å². The molecule has 0 aliphatic carbocycles. The van der Waals surface area contributed by atoms with Crippen molar-refractivity contribution in [2.45, 2.75) is 32.9 Å². The molecule has 0 atom stereocenters. The minimum Gasteiger partial charge on any atom is -0.395 e. The number of amides is 1. The first-order valence-electron chi connectivity index (χ1n) is 8.96. The summed E-state index contributed by atoms with van der Waals surface area (Å²) < 4.78 is 1.55. The molecule has 3 aromatic rings. The van der Waals surface area contributed by atoms with Gasteiger partial charge in [-0.25, -0.2) is 4.98 Å². The van der Waals surface area contributed by atoms with Crippen LogP contribution in [-0.4, -0.2) is 38.6 Å². The maximum atomic E-state index is 12.6. The van der Waals surface area contributed by atoms with Crippen LogP contribution in [0.2, 0.25) is 0 Å². The second kappa shape index (κ2) is 8.92. The van der Waals surface area contributed by atoms with Gasteiger partial charge in [-0.3, -0.25) is 14.2 Å². The lowest BCUT2D eigenvalue weighted by Crippen LogP contribution is -2.33. The van der Waals surface area contributed by atoms with Crippen LogP contribution in [0, 0.1) is 6.92 Å². The van der Waals surface area contributed by atoms with Crippen LogP contribution < -0.4 is 5.56 Å². The standard InChI is InChI=1S/C20H23N3O3S/c1-15-8-12-27-18(15)13-22(10-11-24)19(25)7-4-9-23-14-21-17-6-3-2-5-16(17)20(23)26/h2-3,5-6,8,12,14,24H,4,7,9-11,13H2,1H3. The SMILES string of the molecule is Cc1ccsc1CN(CCO)C(=O)CCCn1cnc2ccccc2c1=O. The van der Waals surface area contributed by atoms with Gasteiger partial charge in [0.05, 0.1) is 30.4 Å². The van der Waals surface area contributed by atoms with Gasteiger partial charge >= 0.3 is 0 Å². The average Bonchev–Trinajstić information content (AvgIpc) is 3.08. The molecule has 6 nitrogen and oxygen atoms in total. The van der Waals surface area contributed by atoms with Crippen LogP contribution in [0.1, 0.15) is 23.3 Å². The number of carbonyl (C=O) groups excluding carboxylic acids is 1. The van der Waals surface area contributed by atoms with E-state index in [4.69, 9.17) is 0 Å². The van der Waals surface area contributed by atoms with Crippen molar-refractivity contribution in [3.8, 4) is 0 Å². The normalized spacial score (nSPS) is 11.0. The highest BCUT2D eigenvalue weighted by molar-refractivity contribution is 7.10. The van der Waals surface area contributed by atoms with Crippen molar-refractivity contribution >= 4 is 28.1 Å². The Morgan fingerprint density at radius 3 is 2.85 bits per heavy atom. The van der Waals surface area contributed by atoms with Gasteiger partial charge < -0.3 is 10.0 Å². The number of fused-ring (bicyclic) bond motifs is 1. The van der Waals surface area contributed by atoms with Crippen molar-refractivity contribution in [3.05, 3.63) is 62.8 Å². The number of benzene rings is 1. The highest BCUT2D eigenvalue weighted by Crippen LogP contribution is 2.18. The third-order valence-electron chi connectivity index (χ3n) is 4.55.